The van der Waals surface area contributed by atoms with E-state index in [2.05, 4.69) is 12.2 Å². The molecule has 0 bridgehead atoms. The van der Waals surface area contributed by atoms with Crippen molar-refractivity contribution in [1.82, 2.24) is 5.32 Å². The molecule has 0 aromatic heterocycles. The fourth-order valence-corrected chi connectivity index (χ4v) is 2.19. The molecule has 1 atom stereocenters. The molecule has 0 radical (unpaired) electrons. The summed E-state index contributed by atoms with van der Waals surface area (Å²) in [7, 11) is 0. The molecule has 1 unspecified atom stereocenters. The maximum absolute atomic E-state index is 13.5. The topological polar surface area (TPSA) is 21.3 Å². The normalized spacial score (nSPS) is 12.1. The Hall–Kier alpha value is -1.87. The van der Waals surface area contributed by atoms with E-state index in [4.69, 9.17) is 4.74 Å². The van der Waals surface area contributed by atoms with Crippen molar-refractivity contribution in [2.45, 2.75) is 25.8 Å². The van der Waals surface area contributed by atoms with E-state index in [-0.39, 0.29) is 11.9 Å². The molecule has 2 nitrogen and oxygen atoms in total. The number of para-hydroxylation sites is 1. The summed E-state index contributed by atoms with van der Waals surface area (Å²) in [5.41, 5.74) is 0.762. The van der Waals surface area contributed by atoms with Gasteiger partial charge in [-0.25, -0.2) is 4.39 Å². The molecular weight excluding hydrogens is 265 g/mol. The lowest BCUT2D eigenvalue weighted by atomic mass is 10.1. The summed E-state index contributed by atoms with van der Waals surface area (Å²) < 4.78 is 19.2. The van der Waals surface area contributed by atoms with E-state index in [0.29, 0.717) is 13.0 Å². The van der Waals surface area contributed by atoms with Crippen molar-refractivity contribution in [2.24, 2.45) is 0 Å². The Morgan fingerprint density at radius 3 is 2.52 bits per heavy atom. The Kier molecular flexibility index (Phi) is 6.22. The number of nitrogens with one attached hydrogen (secondary N) is 1. The molecule has 2 rings (SSSR count). The van der Waals surface area contributed by atoms with Gasteiger partial charge < -0.3 is 10.1 Å². The molecule has 0 aliphatic carbocycles. The molecule has 112 valence electrons. The molecule has 3 heteroatoms. The maximum Gasteiger partial charge on any atom is 0.126 e. The van der Waals surface area contributed by atoms with Crippen molar-refractivity contribution in [3.63, 3.8) is 0 Å². The van der Waals surface area contributed by atoms with Gasteiger partial charge in [0.2, 0.25) is 0 Å². The van der Waals surface area contributed by atoms with E-state index in [1.54, 1.807) is 6.07 Å². The van der Waals surface area contributed by atoms with Crippen LogP contribution in [0, 0.1) is 5.82 Å². The Bertz CT molecular complexity index is 530. The van der Waals surface area contributed by atoms with Crippen LogP contribution in [0.25, 0.3) is 0 Å². The first kappa shape index (κ1) is 15.5. The summed E-state index contributed by atoms with van der Waals surface area (Å²) >= 11 is 0. The average Bonchev–Trinajstić information content (AvgIpc) is 2.50. The van der Waals surface area contributed by atoms with Crippen LogP contribution < -0.4 is 10.1 Å². The summed E-state index contributed by atoms with van der Waals surface area (Å²) in [6.45, 7) is 3.62. The van der Waals surface area contributed by atoms with Crippen LogP contribution in [0.2, 0.25) is 0 Å². The second-order valence-electron chi connectivity index (χ2n) is 5.17. The van der Waals surface area contributed by atoms with Crippen molar-refractivity contribution in [1.29, 1.82) is 0 Å². The van der Waals surface area contributed by atoms with Gasteiger partial charge in [-0.1, -0.05) is 36.4 Å². The highest BCUT2D eigenvalue weighted by molar-refractivity contribution is 5.20. The minimum atomic E-state index is -0.126. The SMILES string of the molecule is CC(Cc1ccccc1F)NCCCOc1ccccc1. The number of hydrogen-bond acceptors (Lipinski definition) is 2. The van der Waals surface area contributed by atoms with Crippen LogP contribution in [0.4, 0.5) is 4.39 Å². The van der Waals surface area contributed by atoms with Crippen LogP contribution in [0.15, 0.2) is 54.6 Å². The molecule has 21 heavy (non-hydrogen) atoms. The second kappa shape index (κ2) is 8.42. The van der Waals surface area contributed by atoms with Crippen LogP contribution in [-0.4, -0.2) is 19.2 Å². The van der Waals surface area contributed by atoms with Gasteiger partial charge in [0.15, 0.2) is 0 Å². The summed E-state index contributed by atoms with van der Waals surface area (Å²) in [5.74, 6) is 0.774. The zero-order valence-corrected chi connectivity index (χ0v) is 12.4. The lowest BCUT2D eigenvalue weighted by molar-refractivity contribution is 0.305. The van der Waals surface area contributed by atoms with Crippen LogP contribution >= 0.6 is 0 Å². The molecule has 2 aromatic rings. The van der Waals surface area contributed by atoms with E-state index in [9.17, 15) is 4.39 Å². The van der Waals surface area contributed by atoms with E-state index >= 15 is 0 Å². The fraction of sp³-hybridized carbons (Fsp3) is 0.333. The highest BCUT2D eigenvalue weighted by Crippen LogP contribution is 2.09. The van der Waals surface area contributed by atoms with Gasteiger partial charge >= 0.3 is 0 Å². The Morgan fingerprint density at radius 2 is 1.76 bits per heavy atom. The third-order valence-corrected chi connectivity index (χ3v) is 3.31. The molecule has 0 heterocycles. The summed E-state index contributed by atoms with van der Waals surface area (Å²) in [6.07, 6.45) is 1.63. The second-order valence-corrected chi connectivity index (χ2v) is 5.17. The quantitative estimate of drug-likeness (QED) is 0.745. The van der Waals surface area contributed by atoms with Gasteiger partial charge in [0, 0.05) is 6.04 Å². The van der Waals surface area contributed by atoms with E-state index in [1.807, 2.05) is 42.5 Å². The number of ether oxygens (including phenoxy) is 1. The minimum absolute atomic E-state index is 0.126. The van der Waals surface area contributed by atoms with Gasteiger partial charge in [-0.3, -0.25) is 0 Å². The van der Waals surface area contributed by atoms with Gasteiger partial charge in [-0.15, -0.1) is 0 Å². The van der Waals surface area contributed by atoms with Crippen molar-refractivity contribution >= 4 is 0 Å². The zero-order chi connectivity index (χ0) is 14.9. The molecule has 1 N–H and O–H groups in total. The lowest BCUT2D eigenvalue weighted by Crippen LogP contribution is -2.30. The summed E-state index contributed by atoms with van der Waals surface area (Å²) in [5, 5.41) is 3.40. The van der Waals surface area contributed by atoms with Crippen LogP contribution in [-0.2, 0) is 6.42 Å². The largest absolute Gasteiger partial charge is 0.494 e. The van der Waals surface area contributed by atoms with Gasteiger partial charge in [-0.2, -0.15) is 0 Å². The van der Waals surface area contributed by atoms with Gasteiger partial charge in [0.1, 0.15) is 11.6 Å². The van der Waals surface area contributed by atoms with Gasteiger partial charge in [-0.05, 0) is 50.1 Å². The maximum atomic E-state index is 13.5. The van der Waals surface area contributed by atoms with Gasteiger partial charge in [0.25, 0.3) is 0 Å². The fourth-order valence-electron chi connectivity index (χ4n) is 2.19. The van der Waals surface area contributed by atoms with Crippen LogP contribution in [0.1, 0.15) is 18.9 Å². The minimum Gasteiger partial charge on any atom is -0.494 e. The summed E-state index contributed by atoms with van der Waals surface area (Å²) in [6, 6.07) is 17.0. The van der Waals surface area contributed by atoms with E-state index in [0.717, 1.165) is 24.3 Å². The third kappa shape index (κ3) is 5.56. The number of benzene rings is 2. The molecule has 0 aliphatic heterocycles. The zero-order valence-electron chi connectivity index (χ0n) is 12.4. The Balaban J connectivity index is 1.61. The lowest BCUT2D eigenvalue weighted by Gasteiger charge is -2.14. The molecule has 0 amide bonds. The van der Waals surface area contributed by atoms with Crippen molar-refractivity contribution in [2.75, 3.05) is 13.2 Å². The first-order valence-electron chi connectivity index (χ1n) is 7.40. The smallest absolute Gasteiger partial charge is 0.126 e. The van der Waals surface area contributed by atoms with Crippen LogP contribution in [0.5, 0.6) is 5.75 Å². The standard InChI is InChI=1S/C18H22FNO/c1-15(14-16-8-5-6-11-18(16)19)20-12-7-13-21-17-9-3-2-4-10-17/h2-6,8-11,15,20H,7,12-14H2,1H3. The first-order chi connectivity index (χ1) is 10.3. The Labute approximate surface area is 126 Å². The number of halogens is 1. The molecular formula is C18H22FNO. The highest BCUT2D eigenvalue weighted by atomic mass is 19.1. The number of hydrogen-bond donors (Lipinski definition) is 1. The molecule has 0 aliphatic rings. The predicted molar refractivity (Wildman–Crippen MR) is 84.1 cm³/mol. The third-order valence-electron chi connectivity index (χ3n) is 3.31. The molecule has 0 spiro atoms. The van der Waals surface area contributed by atoms with Gasteiger partial charge in [0.05, 0.1) is 6.61 Å². The monoisotopic (exact) mass is 287 g/mol. The highest BCUT2D eigenvalue weighted by Gasteiger charge is 2.06. The molecule has 2 aromatic carbocycles. The number of rotatable bonds is 8. The van der Waals surface area contributed by atoms with E-state index in [1.165, 1.54) is 6.07 Å². The van der Waals surface area contributed by atoms with Crippen molar-refractivity contribution in [3.8, 4) is 5.75 Å². The van der Waals surface area contributed by atoms with Crippen LogP contribution in [0.3, 0.4) is 0 Å². The molecule has 0 fully saturated rings. The molecule has 0 saturated carbocycles. The van der Waals surface area contributed by atoms with Crippen molar-refractivity contribution in [3.05, 3.63) is 66.0 Å². The first-order valence-corrected chi connectivity index (χ1v) is 7.40. The molecule has 0 saturated heterocycles. The summed E-state index contributed by atoms with van der Waals surface area (Å²) in [4.78, 5) is 0. The average molecular weight is 287 g/mol. The predicted octanol–water partition coefficient (Wildman–Crippen LogP) is 3.82. The Morgan fingerprint density at radius 1 is 1.05 bits per heavy atom. The van der Waals surface area contributed by atoms with E-state index < -0.39 is 0 Å². The van der Waals surface area contributed by atoms with Crippen molar-refractivity contribution < 1.29 is 9.13 Å².